The van der Waals surface area contributed by atoms with Crippen molar-refractivity contribution in [2.45, 2.75) is 45.4 Å². The number of rotatable bonds is 3. The summed E-state index contributed by atoms with van der Waals surface area (Å²) in [5.74, 6) is 1.32. The van der Waals surface area contributed by atoms with Crippen molar-refractivity contribution in [3.8, 4) is 0 Å². The Morgan fingerprint density at radius 2 is 2.14 bits per heavy atom. The van der Waals surface area contributed by atoms with E-state index < -0.39 is 0 Å². The molecular weight excluding hydrogens is 176 g/mol. The van der Waals surface area contributed by atoms with Crippen LogP contribution >= 0.6 is 0 Å². The van der Waals surface area contributed by atoms with Gasteiger partial charge in [0, 0.05) is 5.56 Å². The normalized spacial score (nSPS) is 17.8. The third-order valence-corrected chi connectivity index (χ3v) is 3.21. The van der Waals surface area contributed by atoms with Gasteiger partial charge in [0.15, 0.2) is 0 Å². The van der Waals surface area contributed by atoms with E-state index in [1.54, 1.807) is 0 Å². The minimum absolute atomic E-state index is 0.514. The molecule has 0 spiro atoms. The Bertz CT molecular complexity index is 300. The molecule has 1 aliphatic rings. The number of anilines is 1. The summed E-state index contributed by atoms with van der Waals surface area (Å²) in [4.78, 5) is 0. The quantitative estimate of drug-likeness (QED) is 0.804. The van der Waals surface area contributed by atoms with Gasteiger partial charge in [-0.15, -0.1) is 0 Å². The molecular formula is C11H18N2O. The molecule has 2 N–H and O–H groups in total. The maximum absolute atomic E-state index is 5.70. The summed E-state index contributed by atoms with van der Waals surface area (Å²) in [6.45, 7) is 2.10. The molecule has 0 bridgehead atoms. The topological polar surface area (TPSA) is 52.0 Å². The van der Waals surface area contributed by atoms with Crippen molar-refractivity contribution in [3.63, 3.8) is 0 Å². The monoisotopic (exact) mass is 194 g/mol. The fourth-order valence-electron chi connectivity index (χ4n) is 2.38. The van der Waals surface area contributed by atoms with Crippen LogP contribution in [-0.4, -0.2) is 5.16 Å². The predicted octanol–water partition coefficient (Wildman–Crippen LogP) is 2.55. The van der Waals surface area contributed by atoms with E-state index in [9.17, 15) is 0 Å². The Kier molecular flexibility index (Phi) is 2.75. The molecule has 0 atom stereocenters. The van der Waals surface area contributed by atoms with Gasteiger partial charge >= 0.3 is 0 Å². The molecule has 3 nitrogen and oxygen atoms in total. The van der Waals surface area contributed by atoms with Crippen LogP contribution in [0, 0.1) is 5.92 Å². The maximum atomic E-state index is 5.70. The van der Waals surface area contributed by atoms with Crippen LogP contribution in [0.15, 0.2) is 4.52 Å². The van der Waals surface area contributed by atoms with E-state index in [4.69, 9.17) is 10.3 Å². The molecule has 1 aliphatic carbocycles. The molecule has 3 heteroatoms. The van der Waals surface area contributed by atoms with E-state index >= 15 is 0 Å². The van der Waals surface area contributed by atoms with Gasteiger partial charge in [-0.1, -0.05) is 37.8 Å². The molecule has 0 aromatic carbocycles. The Hall–Kier alpha value is -0.990. The standard InChI is InChI=1S/C11H18N2O/c1-2-9-10(13-14-11(9)12)7-8-5-3-4-6-8/h8H,2-7,12H2,1H3. The van der Waals surface area contributed by atoms with Crippen LogP contribution in [0.2, 0.25) is 0 Å². The van der Waals surface area contributed by atoms with Crippen LogP contribution in [0.1, 0.15) is 43.9 Å². The SMILES string of the molecule is CCc1c(CC2CCCC2)noc1N. The lowest BCUT2D eigenvalue weighted by Crippen LogP contribution is -2.02. The average molecular weight is 194 g/mol. The molecule has 0 radical (unpaired) electrons. The highest BCUT2D eigenvalue weighted by molar-refractivity contribution is 5.38. The first kappa shape index (κ1) is 9.56. The first-order valence-electron chi connectivity index (χ1n) is 5.54. The van der Waals surface area contributed by atoms with Gasteiger partial charge in [-0.2, -0.15) is 0 Å². The second-order valence-electron chi connectivity index (χ2n) is 4.18. The molecule has 1 saturated carbocycles. The van der Waals surface area contributed by atoms with Crippen LogP contribution in [-0.2, 0) is 12.8 Å². The molecule has 0 aliphatic heterocycles. The summed E-state index contributed by atoms with van der Waals surface area (Å²) < 4.78 is 5.02. The van der Waals surface area contributed by atoms with Gasteiger partial charge in [0.25, 0.3) is 0 Å². The van der Waals surface area contributed by atoms with Gasteiger partial charge in [-0.05, 0) is 18.8 Å². The Labute approximate surface area is 84.7 Å². The van der Waals surface area contributed by atoms with Gasteiger partial charge in [-0.25, -0.2) is 0 Å². The highest BCUT2D eigenvalue weighted by Gasteiger charge is 2.20. The molecule has 1 aromatic heterocycles. The van der Waals surface area contributed by atoms with Gasteiger partial charge < -0.3 is 10.3 Å². The van der Waals surface area contributed by atoms with Crippen molar-refractivity contribution >= 4 is 5.88 Å². The van der Waals surface area contributed by atoms with Crippen molar-refractivity contribution in [2.24, 2.45) is 5.92 Å². The minimum atomic E-state index is 0.514. The van der Waals surface area contributed by atoms with Crippen LogP contribution in [0.5, 0.6) is 0 Å². The minimum Gasteiger partial charge on any atom is -0.367 e. The summed E-state index contributed by atoms with van der Waals surface area (Å²) in [6, 6.07) is 0. The first-order chi connectivity index (χ1) is 6.81. The molecule has 0 amide bonds. The number of nitrogens with zero attached hydrogens (tertiary/aromatic N) is 1. The summed E-state index contributed by atoms with van der Waals surface area (Å²) in [5, 5.41) is 4.05. The van der Waals surface area contributed by atoms with Crippen molar-refractivity contribution in [1.82, 2.24) is 5.16 Å². The van der Waals surface area contributed by atoms with Gasteiger partial charge in [0.2, 0.25) is 5.88 Å². The Morgan fingerprint density at radius 3 is 2.79 bits per heavy atom. The lowest BCUT2D eigenvalue weighted by molar-refractivity contribution is 0.417. The van der Waals surface area contributed by atoms with Gasteiger partial charge in [-0.3, -0.25) is 0 Å². The van der Waals surface area contributed by atoms with E-state index in [-0.39, 0.29) is 0 Å². The van der Waals surface area contributed by atoms with E-state index in [1.807, 2.05) is 0 Å². The van der Waals surface area contributed by atoms with Crippen molar-refractivity contribution in [2.75, 3.05) is 5.73 Å². The third-order valence-electron chi connectivity index (χ3n) is 3.21. The molecule has 0 unspecified atom stereocenters. The zero-order valence-corrected chi connectivity index (χ0v) is 8.75. The van der Waals surface area contributed by atoms with Crippen LogP contribution in [0.4, 0.5) is 5.88 Å². The number of aromatic nitrogens is 1. The fraction of sp³-hybridized carbons (Fsp3) is 0.727. The molecule has 1 fully saturated rings. The van der Waals surface area contributed by atoms with Crippen LogP contribution in [0.25, 0.3) is 0 Å². The van der Waals surface area contributed by atoms with Crippen LogP contribution in [0.3, 0.4) is 0 Å². The summed E-state index contributed by atoms with van der Waals surface area (Å²) >= 11 is 0. The molecule has 78 valence electrons. The molecule has 1 heterocycles. The summed E-state index contributed by atoms with van der Waals surface area (Å²) in [5.41, 5.74) is 7.91. The number of hydrogen-bond acceptors (Lipinski definition) is 3. The van der Waals surface area contributed by atoms with Gasteiger partial charge in [0.05, 0.1) is 5.69 Å². The van der Waals surface area contributed by atoms with E-state index in [2.05, 4.69) is 12.1 Å². The highest BCUT2D eigenvalue weighted by Crippen LogP contribution is 2.29. The fourth-order valence-corrected chi connectivity index (χ4v) is 2.38. The van der Waals surface area contributed by atoms with Crippen molar-refractivity contribution in [1.29, 1.82) is 0 Å². The smallest absolute Gasteiger partial charge is 0.225 e. The number of nitrogens with two attached hydrogens (primary N) is 1. The summed E-state index contributed by atoms with van der Waals surface area (Å²) in [7, 11) is 0. The van der Waals surface area contributed by atoms with Crippen molar-refractivity contribution < 1.29 is 4.52 Å². The second kappa shape index (κ2) is 4.03. The average Bonchev–Trinajstić information content (AvgIpc) is 2.77. The zero-order chi connectivity index (χ0) is 9.97. The number of nitrogen functional groups attached to an aromatic ring is 1. The van der Waals surface area contributed by atoms with Crippen LogP contribution < -0.4 is 5.73 Å². The molecule has 1 aromatic rings. The molecule has 2 rings (SSSR count). The maximum Gasteiger partial charge on any atom is 0.225 e. The molecule has 14 heavy (non-hydrogen) atoms. The lowest BCUT2D eigenvalue weighted by atomic mass is 9.99. The predicted molar refractivity (Wildman–Crippen MR) is 56.0 cm³/mol. The second-order valence-corrected chi connectivity index (χ2v) is 4.18. The molecule has 0 saturated heterocycles. The first-order valence-corrected chi connectivity index (χ1v) is 5.54. The lowest BCUT2D eigenvalue weighted by Gasteiger charge is -2.06. The largest absolute Gasteiger partial charge is 0.367 e. The van der Waals surface area contributed by atoms with E-state index in [1.165, 1.54) is 25.7 Å². The Morgan fingerprint density at radius 1 is 1.43 bits per heavy atom. The summed E-state index contributed by atoms with van der Waals surface area (Å²) in [6.07, 6.45) is 7.42. The van der Waals surface area contributed by atoms with Gasteiger partial charge in [0.1, 0.15) is 0 Å². The van der Waals surface area contributed by atoms with E-state index in [0.29, 0.717) is 5.88 Å². The van der Waals surface area contributed by atoms with Crippen molar-refractivity contribution in [3.05, 3.63) is 11.3 Å². The van der Waals surface area contributed by atoms with E-state index in [0.717, 1.165) is 30.0 Å². The highest BCUT2D eigenvalue weighted by atomic mass is 16.5. The Balaban J connectivity index is 2.07. The zero-order valence-electron chi connectivity index (χ0n) is 8.75. The number of hydrogen-bond donors (Lipinski definition) is 1. The third kappa shape index (κ3) is 1.76.